The van der Waals surface area contributed by atoms with Gasteiger partial charge in [-0.2, -0.15) is 0 Å². The molecule has 1 aliphatic rings. The van der Waals surface area contributed by atoms with E-state index in [4.69, 9.17) is 16.3 Å². The third-order valence-electron chi connectivity index (χ3n) is 5.63. The van der Waals surface area contributed by atoms with Crippen LogP contribution in [0.25, 0.3) is 0 Å². The topological polar surface area (TPSA) is 72.3 Å². The molecule has 0 aliphatic carbocycles. The highest BCUT2D eigenvalue weighted by molar-refractivity contribution is 6.31. The molecule has 1 amide bonds. The van der Waals surface area contributed by atoms with Crippen molar-refractivity contribution in [1.29, 1.82) is 0 Å². The van der Waals surface area contributed by atoms with Gasteiger partial charge in [-0.05, 0) is 36.4 Å². The van der Waals surface area contributed by atoms with E-state index >= 15 is 0 Å². The average Bonchev–Trinajstić information content (AvgIpc) is 3.07. The molecule has 0 radical (unpaired) electrons. The van der Waals surface area contributed by atoms with E-state index in [0.717, 1.165) is 31.2 Å². The fourth-order valence-corrected chi connectivity index (χ4v) is 4.03. The number of carbonyl (C=O) groups excluding carboxylic acids is 1. The van der Waals surface area contributed by atoms with Gasteiger partial charge in [0.05, 0.1) is 7.11 Å². The summed E-state index contributed by atoms with van der Waals surface area (Å²) in [5.41, 5.74) is 1.10. The quantitative estimate of drug-likeness (QED) is 0.590. The van der Waals surface area contributed by atoms with Crippen LogP contribution in [-0.4, -0.2) is 52.3 Å². The molecule has 2 heterocycles. The molecule has 32 heavy (non-hydrogen) atoms. The summed E-state index contributed by atoms with van der Waals surface area (Å²) in [6, 6.07) is 11.7. The Morgan fingerprint density at radius 2 is 1.97 bits per heavy atom. The van der Waals surface area contributed by atoms with Crippen LogP contribution in [0.3, 0.4) is 0 Å². The second-order valence-corrected chi connectivity index (χ2v) is 8.05. The van der Waals surface area contributed by atoms with Crippen LogP contribution in [0.4, 0.5) is 4.39 Å². The van der Waals surface area contributed by atoms with E-state index in [-0.39, 0.29) is 11.7 Å². The molecule has 7 nitrogen and oxygen atoms in total. The monoisotopic (exact) mass is 457 g/mol. The van der Waals surface area contributed by atoms with Crippen molar-refractivity contribution in [3.8, 4) is 5.75 Å². The van der Waals surface area contributed by atoms with E-state index < -0.39 is 0 Å². The largest absolute Gasteiger partial charge is 0.497 e. The molecule has 0 atom stereocenters. The summed E-state index contributed by atoms with van der Waals surface area (Å²) >= 11 is 6.19. The van der Waals surface area contributed by atoms with E-state index in [1.807, 2.05) is 0 Å². The number of methoxy groups -OCH3 is 1. The molecule has 1 aromatic heterocycles. The van der Waals surface area contributed by atoms with E-state index in [2.05, 4.69) is 25.0 Å². The van der Waals surface area contributed by atoms with Gasteiger partial charge in [0, 0.05) is 61.7 Å². The number of nitrogens with one attached hydrogen (secondary N) is 1. The second-order valence-electron chi connectivity index (χ2n) is 7.64. The molecule has 0 saturated heterocycles. The fraction of sp³-hybridized carbons (Fsp3) is 0.348. The molecule has 0 fully saturated rings. The molecular formula is C23H25ClFN5O2. The number of rotatable bonds is 7. The normalized spacial score (nSPS) is 14.0. The Bertz CT molecular complexity index is 1070. The smallest absolute Gasteiger partial charge is 0.251 e. The standard InChI is InChI=1S/C23H25ClFN5O2/c1-32-17-7-5-16(6-8-17)23(31)26-11-9-21-27-28-22-10-12-29(13-14-30(21)22)15-18-19(24)3-2-4-20(18)25/h2-8H,9-15H2,1H3,(H,26,31). The molecule has 168 valence electrons. The average molecular weight is 458 g/mol. The lowest BCUT2D eigenvalue weighted by Crippen LogP contribution is -2.28. The van der Waals surface area contributed by atoms with Crippen molar-refractivity contribution in [3.05, 3.63) is 76.1 Å². The minimum absolute atomic E-state index is 0.142. The van der Waals surface area contributed by atoms with E-state index in [1.165, 1.54) is 6.07 Å². The van der Waals surface area contributed by atoms with Crippen molar-refractivity contribution >= 4 is 17.5 Å². The SMILES string of the molecule is COc1ccc(C(=O)NCCc2nnc3n2CCN(Cc2c(F)cccc2Cl)CC3)cc1. The number of hydrogen-bond donors (Lipinski definition) is 1. The van der Waals surface area contributed by atoms with Crippen LogP contribution < -0.4 is 10.1 Å². The van der Waals surface area contributed by atoms with Crippen molar-refractivity contribution < 1.29 is 13.9 Å². The summed E-state index contributed by atoms with van der Waals surface area (Å²) in [7, 11) is 1.59. The lowest BCUT2D eigenvalue weighted by Gasteiger charge is -2.20. The van der Waals surface area contributed by atoms with Crippen LogP contribution in [0.15, 0.2) is 42.5 Å². The number of halogens is 2. The first kappa shape index (κ1) is 22.2. The van der Waals surface area contributed by atoms with Gasteiger partial charge >= 0.3 is 0 Å². The number of amides is 1. The summed E-state index contributed by atoms with van der Waals surface area (Å²) in [6.45, 7) is 3.10. The van der Waals surface area contributed by atoms with Crippen LogP contribution in [0.2, 0.25) is 5.02 Å². The number of hydrogen-bond acceptors (Lipinski definition) is 5. The third kappa shape index (κ3) is 5.08. The lowest BCUT2D eigenvalue weighted by molar-refractivity contribution is 0.0954. The molecule has 4 rings (SSSR count). The molecular weight excluding hydrogens is 433 g/mol. The minimum Gasteiger partial charge on any atom is -0.497 e. The van der Waals surface area contributed by atoms with Gasteiger partial charge in [0.2, 0.25) is 0 Å². The summed E-state index contributed by atoms with van der Waals surface area (Å²) in [5, 5.41) is 12.0. The Labute approximate surface area is 191 Å². The van der Waals surface area contributed by atoms with Gasteiger partial charge in [0.1, 0.15) is 23.2 Å². The molecule has 1 N–H and O–H groups in total. The maximum absolute atomic E-state index is 14.2. The summed E-state index contributed by atoms with van der Waals surface area (Å²) < 4.78 is 21.4. The Morgan fingerprint density at radius 1 is 1.16 bits per heavy atom. The molecule has 0 unspecified atom stereocenters. The van der Waals surface area contributed by atoms with Crippen LogP contribution in [0.5, 0.6) is 5.75 Å². The Kier molecular flexibility index (Phi) is 7.02. The van der Waals surface area contributed by atoms with Gasteiger partial charge in [-0.25, -0.2) is 4.39 Å². The van der Waals surface area contributed by atoms with E-state index in [9.17, 15) is 9.18 Å². The van der Waals surface area contributed by atoms with E-state index in [1.54, 1.807) is 43.5 Å². The van der Waals surface area contributed by atoms with Gasteiger partial charge in [-0.15, -0.1) is 10.2 Å². The number of fused-ring (bicyclic) bond motifs is 1. The molecule has 1 aliphatic heterocycles. The molecule has 9 heteroatoms. The van der Waals surface area contributed by atoms with Crippen molar-refractivity contribution in [2.45, 2.75) is 25.9 Å². The predicted octanol–water partition coefficient (Wildman–Crippen LogP) is 3.11. The molecule has 0 bridgehead atoms. The number of aromatic nitrogens is 3. The van der Waals surface area contributed by atoms with Crippen molar-refractivity contribution in [3.63, 3.8) is 0 Å². The van der Waals surface area contributed by atoms with Crippen molar-refractivity contribution in [2.75, 3.05) is 26.7 Å². The number of benzene rings is 2. The highest BCUT2D eigenvalue weighted by atomic mass is 35.5. The van der Waals surface area contributed by atoms with Crippen molar-refractivity contribution in [1.82, 2.24) is 25.0 Å². The maximum atomic E-state index is 14.2. The highest BCUT2D eigenvalue weighted by Crippen LogP contribution is 2.22. The van der Waals surface area contributed by atoms with Gasteiger partial charge < -0.3 is 14.6 Å². The lowest BCUT2D eigenvalue weighted by atomic mass is 10.2. The van der Waals surface area contributed by atoms with E-state index in [0.29, 0.717) is 48.0 Å². The Balaban J connectivity index is 1.32. The fourth-order valence-electron chi connectivity index (χ4n) is 3.81. The molecule has 2 aromatic carbocycles. The summed E-state index contributed by atoms with van der Waals surface area (Å²) in [5.74, 6) is 2.02. The first-order valence-corrected chi connectivity index (χ1v) is 10.9. The van der Waals surface area contributed by atoms with Gasteiger partial charge in [0.25, 0.3) is 5.91 Å². The van der Waals surface area contributed by atoms with Crippen LogP contribution in [0, 0.1) is 5.82 Å². The second kappa shape index (κ2) is 10.1. The molecule has 3 aromatic rings. The third-order valence-corrected chi connectivity index (χ3v) is 5.98. The maximum Gasteiger partial charge on any atom is 0.251 e. The summed E-state index contributed by atoms with van der Waals surface area (Å²) in [6.07, 6.45) is 1.30. The Morgan fingerprint density at radius 3 is 2.72 bits per heavy atom. The first-order valence-electron chi connectivity index (χ1n) is 10.5. The zero-order valence-corrected chi connectivity index (χ0v) is 18.6. The number of nitrogens with zero attached hydrogens (tertiary/aromatic N) is 4. The zero-order valence-electron chi connectivity index (χ0n) is 17.9. The van der Waals surface area contributed by atoms with Crippen LogP contribution in [0.1, 0.15) is 27.6 Å². The number of ether oxygens (including phenoxy) is 1. The predicted molar refractivity (Wildman–Crippen MR) is 119 cm³/mol. The summed E-state index contributed by atoms with van der Waals surface area (Å²) in [4.78, 5) is 14.5. The highest BCUT2D eigenvalue weighted by Gasteiger charge is 2.20. The minimum atomic E-state index is -0.283. The van der Waals surface area contributed by atoms with Gasteiger partial charge in [-0.1, -0.05) is 17.7 Å². The first-order chi connectivity index (χ1) is 15.5. The van der Waals surface area contributed by atoms with Crippen LogP contribution in [-0.2, 0) is 25.9 Å². The molecule has 0 spiro atoms. The number of carbonyl (C=O) groups is 1. The molecule has 0 saturated carbocycles. The van der Waals surface area contributed by atoms with Crippen LogP contribution >= 0.6 is 11.6 Å². The Hall–Kier alpha value is -2.97. The van der Waals surface area contributed by atoms with Gasteiger partial charge in [-0.3, -0.25) is 9.69 Å². The van der Waals surface area contributed by atoms with Gasteiger partial charge in [0.15, 0.2) is 0 Å². The van der Waals surface area contributed by atoms with Crippen molar-refractivity contribution in [2.24, 2.45) is 0 Å². The zero-order chi connectivity index (χ0) is 22.5.